The zero-order valence-electron chi connectivity index (χ0n) is 16.7. The highest BCUT2D eigenvalue weighted by molar-refractivity contribution is 9.10. The van der Waals surface area contributed by atoms with Crippen molar-refractivity contribution in [3.8, 4) is 5.69 Å². The number of thioether (sulfide) groups is 1. The maximum absolute atomic E-state index is 13.0. The Bertz CT molecular complexity index is 1160. The molecule has 0 aliphatic heterocycles. The molecule has 0 saturated heterocycles. The average Bonchev–Trinajstić information content (AvgIpc) is 3.23. The van der Waals surface area contributed by atoms with Crippen LogP contribution < -0.4 is 5.32 Å². The van der Waals surface area contributed by atoms with E-state index in [4.69, 9.17) is 0 Å². The fourth-order valence-corrected chi connectivity index (χ4v) is 3.96. The summed E-state index contributed by atoms with van der Waals surface area (Å²) in [5, 5.41) is 12.0. The van der Waals surface area contributed by atoms with Gasteiger partial charge < -0.3 is 5.32 Å². The molecule has 2 aromatic heterocycles. The standard InChI is InChI=1S/C22H19BrN6OS/c1-2-15-4-8-17(9-5-15)26-21(30)20-19(14-31-22-24-12-3-13-25-22)29(28-27-20)18-10-6-16(23)7-11-18/h3-13H,2,14H2,1H3,(H,26,30). The van der Waals surface area contributed by atoms with Crippen molar-refractivity contribution in [3.05, 3.63) is 88.4 Å². The SMILES string of the molecule is CCc1ccc(NC(=O)c2nnn(-c3ccc(Br)cc3)c2CSc2ncccn2)cc1. The summed E-state index contributed by atoms with van der Waals surface area (Å²) >= 11 is 4.86. The Labute approximate surface area is 192 Å². The van der Waals surface area contributed by atoms with Gasteiger partial charge in [0.25, 0.3) is 5.91 Å². The first-order valence-corrected chi connectivity index (χ1v) is 11.4. The van der Waals surface area contributed by atoms with Crippen LogP contribution in [0.4, 0.5) is 5.69 Å². The molecule has 2 heterocycles. The maximum atomic E-state index is 13.0. The Hall–Kier alpha value is -3.04. The van der Waals surface area contributed by atoms with E-state index in [1.807, 2.05) is 48.5 Å². The fraction of sp³-hybridized carbons (Fsp3) is 0.136. The van der Waals surface area contributed by atoms with Crippen LogP contribution in [0.2, 0.25) is 0 Å². The summed E-state index contributed by atoms with van der Waals surface area (Å²) in [6.45, 7) is 2.09. The smallest absolute Gasteiger partial charge is 0.278 e. The molecule has 1 N–H and O–H groups in total. The topological polar surface area (TPSA) is 85.6 Å². The molecule has 0 radical (unpaired) electrons. The highest BCUT2D eigenvalue weighted by atomic mass is 79.9. The van der Waals surface area contributed by atoms with E-state index in [9.17, 15) is 4.79 Å². The summed E-state index contributed by atoms with van der Waals surface area (Å²) in [6, 6.07) is 17.2. The van der Waals surface area contributed by atoms with Gasteiger partial charge in [-0.3, -0.25) is 4.79 Å². The van der Waals surface area contributed by atoms with Crippen molar-refractivity contribution in [3.63, 3.8) is 0 Å². The summed E-state index contributed by atoms with van der Waals surface area (Å²) < 4.78 is 2.63. The summed E-state index contributed by atoms with van der Waals surface area (Å²) in [7, 11) is 0. The van der Waals surface area contributed by atoms with Crippen LogP contribution in [0.5, 0.6) is 0 Å². The number of nitrogens with zero attached hydrogens (tertiary/aromatic N) is 5. The van der Waals surface area contributed by atoms with E-state index in [2.05, 4.69) is 48.5 Å². The molecule has 156 valence electrons. The zero-order valence-corrected chi connectivity index (χ0v) is 19.1. The number of nitrogens with one attached hydrogen (secondary N) is 1. The Balaban J connectivity index is 1.63. The van der Waals surface area contributed by atoms with Gasteiger partial charge in [0.15, 0.2) is 10.9 Å². The molecule has 0 aliphatic carbocycles. The van der Waals surface area contributed by atoms with Crippen LogP contribution in [-0.4, -0.2) is 30.9 Å². The average molecular weight is 495 g/mol. The molecule has 4 aromatic rings. The van der Waals surface area contributed by atoms with Crippen LogP contribution in [0, 0.1) is 0 Å². The molecule has 9 heteroatoms. The molecule has 0 spiro atoms. The lowest BCUT2D eigenvalue weighted by Crippen LogP contribution is -2.15. The third kappa shape index (κ3) is 5.18. The number of aryl methyl sites for hydroxylation is 1. The highest BCUT2D eigenvalue weighted by Gasteiger charge is 2.21. The van der Waals surface area contributed by atoms with E-state index in [1.54, 1.807) is 23.1 Å². The molecule has 0 fully saturated rings. The van der Waals surface area contributed by atoms with Gasteiger partial charge in [-0.25, -0.2) is 14.6 Å². The van der Waals surface area contributed by atoms with Crippen LogP contribution in [-0.2, 0) is 12.2 Å². The first kappa shape index (κ1) is 21.2. The monoisotopic (exact) mass is 494 g/mol. The van der Waals surface area contributed by atoms with Gasteiger partial charge in [0.05, 0.1) is 11.4 Å². The Morgan fingerprint density at radius 3 is 2.45 bits per heavy atom. The number of anilines is 1. The molecule has 0 unspecified atom stereocenters. The molecular weight excluding hydrogens is 476 g/mol. The van der Waals surface area contributed by atoms with Crippen molar-refractivity contribution < 1.29 is 4.79 Å². The molecule has 31 heavy (non-hydrogen) atoms. The molecule has 1 amide bonds. The second kappa shape index (κ2) is 9.84. The Morgan fingerprint density at radius 2 is 1.77 bits per heavy atom. The number of amides is 1. The molecule has 4 rings (SSSR count). The molecule has 0 bridgehead atoms. The van der Waals surface area contributed by atoms with Gasteiger partial charge >= 0.3 is 0 Å². The number of aromatic nitrogens is 5. The van der Waals surface area contributed by atoms with Gasteiger partial charge in [-0.2, -0.15) is 0 Å². The number of carbonyl (C=O) groups is 1. The zero-order chi connectivity index (χ0) is 21.6. The predicted octanol–water partition coefficient (Wildman–Crippen LogP) is 4.93. The highest BCUT2D eigenvalue weighted by Crippen LogP contribution is 2.24. The van der Waals surface area contributed by atoms with Crippen LogP contribution in [0.3, 0.4) is 0 Å². The van der Waals surface area contributed by atoms with Crippen molar-refractivity contribution in [1.82, 2.24) is 25.0 Å². The van der Waals surface area contributed by atoms with Crippen LogP contribution in [0.1, 0.15) is 28.7 Å². The molecule has 2 aromatic carbocycles. The lowest BCUT2D eigenvalue weighted by Gasteiger charge is -2.09. The number of hydrogen-bond acceptors (Lipinski definition) is 6. The number of carbonyl (C=O) groups excluding carboxylic acids is 1. The van der Waals surface area contributed by atoms with Gasteiger partial charge in [0, 0.05) is 28.3 Å². The van der Waals surface area contributed by atoms with E-state index in [0.717, 1.165) is 16.6 Å². The minimum atomic E-state index is -0.308. The Morgan fingerprint density at radius 1 is 1.06 bits per heavy atom. The van der Waals surface area contributed by atoms with E-state index in [0.29, 0.717) is 22.3 Å². The molecule has 0 atom stereocenters. The van der Waals surface area contributed by atoms with Gasteiger partial charge in [0.1, 0.15) is 0 Å². The van der Waals surface area contributed by atoms with Gasteiger partial charge in [-0.05, 0) is 54.4 Å². The number of hydrogen-bond donors (Lipinski definition) is 1. The van der Waals surface area contributed by atoms with Crippen LogP contribution >= 0.6 is 27.7 Å². The second-order valence-electron chi connectivity index (χ2n) is 6.60. The molecule has 0 saturated carbocycles. The quantitative estimate of drug-likeness (QED) is 0.289. The maximum Gasteiger partial charge on any atom is 0.278 e. The van der Waals surface area contributed by atoms with Gasteiger partial charge in [-0.1, -0.05) is 52.0 Å². The normalized spacial score (nSPS) is 10.8. The van der Waals surface area contributed by atoms with Crippen molar-refractivity contribution in [2.75, 3.05) is 5.32 Å². The van der Waals surface area contributed by atoms with E-state index >= 15 is 0 Å². The lowest BCUT2D eigenvalue weighted by molar-refractivity contribution is 0.102. The van der Waals surface area contributed by atoms with E-state index in [1.165, 1.54) is 17.3 Å². The first-order valence-electron chi connectivity index (χ1n) is 9.64. The second-order valence-corrected chi connectivity index (χ2v) is 8.46. The third-order valence-electron chi connectivity index (χ3n) is 4.55. The fourth-order valence-electron chi connectivity index (χ4n) is 2.90. The minimum absolute atomic E-state index is 0.269. The van der Waals surface area contributed by atoms with E-state index < -0.39 is 0 Å². The number of rotatable bonds is 7. The summed E-state index contributed by atoms with van der Waals surface area (Å²) in [5.41, 5.74) is 3.67. The van der Waals surface area contributed by atoms with Crippen LogP contribution in [0.15, 0.2) is 76.6 Å². The summed E-state index contributed by atoms with van der Waals surface area (Å²) in [4.78, 5) is 21.5. The van der Waals surface area contributed by atoms with E-state index in [-0.39, 0.29) is 11.6 Å². The van der Waals surface area contributed by atoms with Crippen LogP contribution in [0.25, 0.3) is 5.69 Å². The van der Waals surface area contributed by atoms with Crippen molar-refractivity contribution in [2.24, 2.45) is 0 Å². The summed E-state index contributed by atoms with van der Waals surface area (Å²) in [5.74, 6) is 0.127. The molecule has 0 aliphatic rings. The van der Waals surface area contributed by atoms with Gasteiger partial charge in [-0.15, -0.1) is 5.10 Å². The van der Waals surface area contributed by atoms with Crippen molar-refractivity contribution in [1.29, 1.82) is 0 Å². The summed E-state index contributed by atoms with van der Waals surface area (Å²) in [6.07, 6.45) is 4.32. The Kier molecular flexibility index (Phi) is 6.73. The number of halogens is 1. The van der Waals surface area contributed by atoms with Crippen molar-refractivity contribution in [2.45, 2.75) is 24.3 Å². The lowest BCUT2D eigenvalue weighted by atomic mass is 10.1. The largest absolute Gasteiger partial charge is 0.321 e. The molecular formula is C22H19BrN6OS. The number of benzene rings is 2. The van der Waals surface area contributed by atoms with Crippen molar-refractivity contribution >= 4 is 39.3 Å². The first-order chi connectivity index (χ1) is 15.1. The predicted molar refractivity (Wildman–Crippen MR) is 124 cm³/mol. The third-order valence-corrected chi connectivity index (χ3v) is 5.97. The minimum Gasteiger partial charge on any atom is -0.321 e. The van der Waals surface area contributed by atoms with Gasteiger partial charge in [0.2, 0.25) is 0 Å². The molecule has 7 nitrogen and oxygen atoms in total.